The number of halogens is 2. The predicted octanol–water partition coefficient (Wildman–Crippen LogP) is 4.27. The summed E-state index contributed by atoms with van der Waals surface area (Å²) in [6, 6.07) is 14.9. The molecule has 2 rings (SSSR count). The Kier molecular flexibility index (Phi) is 8.43. The zero-order valence-electron chi connectivity index (χ0n) is 15.6. The second-order valence-electron chi connectivity index (χ2n) is 5.87. The minimum atomic E-state index is -2.49. The number of rotatable bonds is 9. The van der Waals surface area contributed by atoms with Crippen LogP contribution in [0.4, 0.5) is 20.2 Å². The Morgan fingerprint density at radius 1 is 1.21 bits per heavy atom. The van der Waals surface area contributed by atoms with Crippen LogP contribution in [0.25, 0.3) is 0 Å². The number of amides is 1. The molecule has 0 aliphatic heterocycles. The van der Waals surface area contributed by atoms with Crippen LogP contribution in [-0.2, 0) is 9.53 Å². The first-order valence-electron chi connectivity index (χ1n) is 8.59. The molecule has 0 bridgehead atoms. The molecule has 0 heterocycles. The van der Waals surface area contributed by atoms with Crippen molar-refractivity contribution in [1.82, 2.24) is 4.90 Å². The Morgan fingerprint density at radius 2 is 1.90 bits per heavy atom. The smallest absolute Gasteiger partial charge is 0.340 e. The Bertz CT molecular complexity index is 885. The molecular formula is C20H19F2N3O3S. The van der Waals surface area contributed by atoms with Gasteiger partial charge in [0.25, 0.3) is 11.7 Å². The number of nitrogens with one attached hydrogen (secondary N) is 1. The van der Waals surface area contributed by atoms with Crippen LogP contribution in [0, 0.1) is 11.3 Å². The van der Waals surface area contributed by atoms with Crippen molar-refractivity contribution in [2.24, 2.45) is 0 Å². The van der Waals surface area contributed by atoms with Crippen LogP contribution in [0.15, 0.2) is 53.4 Å². The van der Waals surface area contributed by atoms with Crippen LogP contribution in [-0.4, -0.2) is 42.7 Å². The summed E-state index contributed by atoms with van der Waals surface area (Å²) in [5.74, 6) is -3.59. The van der Waals surface area contributed by atoms with Gasteiger partial charge in [-0.15, -0.1) is 0 Å². The molecule has 0 aliphatic carbocycles. The second-order valence-corrected chi connectivity index (χ2v) is 6.94. The molecule has 0 saturated heterocycles. The van der Waals surface area contributed by atoms with Crippen LogP contribution in [0.3, 0.4) is 0 Å². The van der Waals surface area contributed by atoms with Crippen LogP contribution >= 0.6 is 11.8 Å². The number of ether oxygens (including phenoxy) is 1. The van der Waals surface area contributed by atoms with E-state index in [1.54, 1.807) is 48.5 Å². The zero-order chi connectivity index (χ0) is 21.2. The van der Waals surface area contributed by atoms with Crippen molar-refractivity contribution in [2.75, 3.05) is 25.5 Å². The van der Waals surface area contributed by atoms with Gasteiger partial charge >= 0.3 is 5.97 Å². The number of benzene rings is 2. The molecule has 0 aliphatic rings. The highest BCUT2D eigenvalue weighted by molar-refractivity contribution is 7.99. The Labute approximate surface area is 171 Å². The highest BCUT2D eigenvalue weighted by Crippen LogP contribution is 2.28. The van der Waals surface area contributed by atoms with E-state index in [1.165, 1.54) is 11.9 Å². The number of anilines is 2. The van der Waals surface area contributed by atoms with Crippen LogP contribution in [0.5, 0.6) is 0 Å². The topological polar surface area (TPSA) is 82.4 Å². The molecular weight excluding hydrogens is 400 g/mol. The van der Waals surface area contributed by atoms with E-state index in [0.717, 1.165) is 0 Å². The maximum Gasteiger partial charge on any atom is 0.340 e. The van der Waals surface area contributed by atoms with Gasteiger partial charge < -0.3 is 15.0 Å². The number of para-hydroxylation sites is 1. The lowest BCUT2D eigenvalue weighted by Gasteiger charge is -2.16. The summed E-state index contributed by atoms with van der Waals surface area (Å²) in [7, 11) is 1.53. The van der Waals surface area contributed by atoms with E-state index in [0.29, 0.717) is 28.0 Å². The van der Waals surface area contributed by atoms with Crippen LogP contribution in [0.2, 0.25) is 0 Å². The third-order valence-electron chi connectivity index (χ3n) is 3.82. The first kappa shape index (κ1) is 22.2. The number of hydrogen-bond acceptors (Lipinski definition) is 6. The third kappa shape index (κ3) is 7.08. The van der Waals surface area contributed by atoms with Gasteiger partial charge in [0.05, 0.1) is 23.7 Å². The number of hydrogen-bond donors (Lipinski definition) is 1. The number of alkyl halides is 2. The van der Waals surface area contributed by atoms with Crippen molar-refractivity contribution in [1.29, 1.82) is 5.26 Å². The summed E-state index contributed by atoms with van der Waals surface area (Å²) in [5, 5.41) is 11.6. The molecule has 0 aromatic heterocycles. The summed E-state index contributed by atoms with van der Waals surface area (Å²) in [4.78, 5) is 26.1. The van der Waals surface area contributed by atoms with E-state index in [4.69, 9.17) is 10.00 Å². The van der Waals surface area contributed by atoms with Crippen LogP contribution < -0.4 is 5.32 Å². The van der Waals surface area contributed by atoms with E-state index in [1.807, 2.05) is 6.07 Å². The largest absolute Gasteiger partial charge is 0.452 e. The summed E-state index contributed by atoms with van der Waals surface area (Å²) in [6.45, 7) is -0.181. The number of carbonyl (C=O) groups excluding carboxylic acids is 2. The predicted molar refractivity (Wildman–Crippen MR) is 106 cm³/mol. The number of carbonyl (C=O) groups is 2. The van der Waals surface area contributed by atoms with Gasteiger partial charge in [-0.05, 0) is 36.4 Å². The van der Waals surface area contributed by atoms with Crippen LogP contribution in [0.1, 0.15) is 16.8 Å². The van der Waals surface area contributed by atoms with Gasteiger partial charge in [-0.2, -0.15) is 14.0 Å². The lowest BCUT2D eigenvalue weighted by atomic mass is 10.1. The van der Waals surface area contributed by atoms with Gasteiger partial charge in [0.2, 0.25) is 0 Å². The molecule has 6 nitrogen and oxygen atoms in total. The first-order chi connectivity index (χ1) is 13.9. The Balaban J connectivity index is 2.01. The molecule has 2 aromatic rings. The van der Waals surface area contributed by atoms with Gasteiger partial charge in [0.1, 0.15) is 0 Å². The average molecular weight is 419 g/mol. The van der Waals surface area contributed by atoms with E-state index in [2.05, 4.69) is 5.32 Å². The number of thioether (sulfide) groups is 1. The van der Waals surface area contributed by atoms with Crippen molar-refractivity contribution < 1.29 is 23.1 Å². The lowest BCUT2D eigenvalue weighted by Crippen LogP contribution is -2.32. The Hall–Kier alpha value is -3.12. The molecule has 1 N–H and O–H groups in total. The van der Waals surface area contributed by atoms with E-state index >= 15 is 0 Å². The molecule has 29 heavy (non-hydrogen) atoms. The standard InChI is InChI=1S/C20H19F2N3O3S/c1-25(12-4-11-23)18(26)13-28-19(27)16-5-2-3-6-17(16)24-14-7-9-15(10-8-14)29-20(21)22/h2-3,5-10,20,24H,4,12-13H2,1H3. The molecule has 1 amide bonds. The third-order valence-corrected chi connectivity index (χ3v) is 4.54. The maximum absolute atomic E-state index is 12.4. The molecule has 0 saturated carbocycles. The average Bonchev–Trinajstić information content (AvgIpc) is 2.71. The van der Waals surface area contributed by atoms with E-state index in [-0.39, 0.29) is 18.5 Å². The maximum atomic E-state index is 12.4. The lowest BCUT2D eigenvalue weighted by molar-refractivity contribution is -0.133. The molecule has 0 spiro atoms. The first-order valence-corrected chi connectivity index (χ1v) is 9.47. The minimum absolute atomic E-state index is 0.192. The summed E-state index contributed by atoms with van der Waals surface area (Å²) >= 11 is 0.449. The van der Waals surface area contributed by atoms with Gasteiger partial charge in [0, 0.05) is 24.2 Å². The van der Waals surface area contributed by atoms with Gasteiger partial charge in [0.15, 0.2) is 6.61 Å². The normalized spacial score (nSPS) is 10.3. The fourth-order valence-corrected chi connectivity index (χ4v) is 2.80. The minimum Gasteiger partial charge on any atom is -0.452 e. The molecule has 0 radical (unpaired) electrons. The Morgan fingerprint density at radius 3 is 2.55 bits per heavy atom. The van der Waals surface area contributed by atoms with Gasteiger partial charge in [-0.3, -0.25) is 4.79 Å². The fourth-order valence-electron chi connectivity index (χ4n) is 2.30. The van der Waals surface area contributed by atoms with Crippen molar-refractivity contribution >= 4 is 35.0 Å². The number of nitrogens with zero attached hydrogens (tertiary/aromatic N) is 2. The van der Waals surface area contributed by atoms with Crippen molar-refractivity contribution in [3.8, 4) is 6.07 Å². The van der Waals surface area contributed by atoms with Crippen molar-refractivity contribution in [3.05, 3.63) is 54.1 Å². The molecule has 152 valence electrons. The monoisotopic (exact) mass is 419 g/mol. The van der Waals surface area contributed by atoms with Crippen molar-refractivity contribution in [3.63, 3.8) is 0 Å². The molecule has 2 aromatic carbocycles. The zero-order valence-corrected chi connectivity index (χ0v) is 16.4. The molecule has 0 unspecified atom stereocenters. The van der Waals surface area contributed by atoms with E-state index < -0.39 is 24.2 Å². The number of esters is 1. The summed E-state index contributed by atoms with van der Waals surface area (Å²) in [6.07, 6.45) is 0.192. The summed E-state index contributed by atoms with van der Waals surface area (Å²) in [5.41, 5.74) is 1.29. The molecule has 0 fully saturated rings. The summed E-state index contributed by atoms with van der Waals surface area (Å²) < 4.78 is 29.9. The quantitative estimate of drug-likeness (QED) is 0.483. The highest BCUT2D eigenvalue weighted by atomic mass is 32.2. The van der Waals surface area contributed by atoms with E-state index in [9.17, 15) is 18.4 Å². The highest BCUT2D eigenvalue weighted by Gasteiger charge is 2.16. The number of likely N-dealkylation sites (N-methyl/N-ethyl adjacent to an activating group) is 1. The fraction of sp³-hybridized carbons (Fsp3) is 0.250. The van der Waals surface area contributed by atoms with Crippen molar-refractivity contribution in [2.45, 2.75) is 17.1 Å². The molecule has 0 atom stereocenters. The second kappa shape index (κ2) is 11.0. The van der Waals surface area contributed by atoms with Gasteiger partial charge in [-0.25, -0.2) is 4.79 Å². The SMILES string of the molecule is CN(CCC#N)C(=O)COC(=O)c1ccccc1Nc1ccc(SC(F)F)cc1. The molecule has 9 heteroatoms. The number of nitriles is 1. The van der Waals surface area contributed by atoms with Gasteiger partial charge in [-0.1, -0.05) is 23.9 Å².